The Morgan fingerprint density at radius 3 is 1.11 bits per heavy atom. The number of esters is 2. The highest BCUT2D eigenvalue weighted by Crippen LogP contribution is 2.36. The second-order valence-electron chi connectivity index (χ2n) is 13.3. The van der Waals surface area contributed by atoms with E-state index in [4.69, 9.17) is 19.3 Å². The molecule has 8 nitrogen and oxygen atoms in total. The Hall–Kier alpha value is -0.950. The van der Waals surface area contributed by atoms with E-state index in [0.717, 1.165) is 38.5 Å². The lowest BCUT2D eigenvalue weighted by molar-refractivity contribution is -0.161. The molecule has 0 saturated carbocycles. The molecular formula is C37H73O8P. The van der Waals surface area contributed by atoms with Crippen molar-refractivity contribution in [1.29, 1.82) is 0 Å². The minimum absolute atomic E-state index is 0.219. The molecule has 0 fully saturated rings. The number of unbranched alkanes of at least 4 members (excludes halogenated alkanes) is 26. The van der Waals surface area contributed by atoms with Crippen molar-refractivity contribution in [3.63, 3.8) is 0 Å². The van der Waals surface area contributed by atoms with Crippen molar-refractivity contribution >= 4 is 19.8 Å². The van der Waals surface area contributed by atoms with E-state index >= 15 is 0 Å². The first-order chi connectivity index (χ1) is 22.3. The van der Waals surface area contributed by atoms with Crippen LogP contribution in [0.15, 0.2) is 0 Å². The van der Waals surface area contributed by atoms with E-state index in [0.29, 0.717) is 6.42 Å². The first kappa shape index (κ1) is 45.0. The Bertz CT molecular complexity index is 726. The van der Waals surface area contributed by atoms with Crippen LogP contribution in [0.4, 0.5) is 0 Å². The van der Waals surface area contributed by atoms with Crippen molar-refractivity contribution in [2.24, 2.45) is 0 Å². The third kappa shape index (κ3) is 35.9. The molecule has 0 rings (SSSR count). The zero-order valence-corrected chi connectivity index (χ0v) is 30.9. The van der Waals surface area contributed by atoms with Gasteiger partial charge in [-0.1, -0.05) is 181 Å². The van der Waals surface area contributed by atoms with Crippen molar-refractivity contribution in [1.82, 2.24) is 0 Å². The van der Waals surface area contributed by atoms with Crippen LogP contribution in [-0.2, 0) is 28.2 Å². The lowest BCUT2D eigenvalue weighted by Crippen LogP contribution is -2.29. The number of ether oxygens (including phenoxy) is 2. The van der Waals surface area contributed by atoms with E-state index in [9.17, 15) is 14.2 Å². The molecule has 0 radical (unpaired) electrons. The van der Waals surface area contributed by atoms with E-state index in [1.54, 1.807) is 0 Å². The molecule has 0 amide bonds. The fourth-order valence-electron chi connectivity index (χ4n) is 5.73. The monoisotopic (exact) mass is 677 g/mol. The first-order valence-corrected chi connectivity index (χ1v) is 20.9. The molecule has 0 bridgehead atoms. The van der Waals surface area contributed by atoms with Gasteiger partial charge in [0.2, 0.25) is 0 Å². The molecule has 0 aliphatic rings. The fourth-order valence-corrected chi connectivity index (χ4v) is 6.09. The highest BCUT2D eigenvalue weighted by molar-refractivity contribution is 7.46. The van der Waals surface area contributed by atoms with E-state index in [2.05, 4.69) is 18.4 Å². The van der Waals surface area contributed by atoms with Crippen LogP contribution in [0.2, 0.25) is 0 Å². The summed E-state index contributed by atoms with van der Waals surface area (Å²) in [7, 11) is -4.74. The smallest absolute Gasteiger partial charge is 0.462 e. The maximum atomic E-state index is 12.3. The molecule has 9 heteroatoms. The van der Waals surface area contributed by atoms with Crippen molar-refractivity contribution in [2.45, 2.75) is 213 Å². The molecule has 0 aromatic heterocycles. The Labute approximate surface area is 283 Å². The van der Waals surface area contributed by atoms with Gasteiger partial charge in [0.25, 0.3) is 0 Å². The molecule has 0 aromatic carbocycles. The van der Waals surface area contributed by atoms with Crippen LogP contribution < -0.4 is 0 Å². The van der Waals surface area contributed by atoms with Gasteiger partial charge in [0.1, 0.15) is 6.61 Å². The molecule has 0 saturated heterocycles. The maximum absolute atomic E-state index is 12.3. The van der Waals surface area contributed by atoms with Crippen molar-refractivity contribution in [2.75, 3.05) is 13.2 Å². The molecule has 0 aliphatic heterocycles. The Morgan fingerprint density at radius 2 is 0.783 bits per heavy atom. The van der Waals surface area contributed by atoms with Crippen LogP contribution in [0.3, 0.4) is 0 Å². The van der Waals surface area contributed by atoms with Crippen LogP contribution in [-0.4, -0.2) is 41.0 Å². The fraction of sp³-hybridized carbons (Fsp3) is 0.946. The maximum Gasteiger partial charge on any atom is 0.469 e. The second-order valence-corrected chi connectivity index (χ2v) is 14.5. The topological polar surface area (TPSA) is 119 Å². The number of hydrogen-bond acceptors (Lipinski definition) is 6. The number of rotatable bonds is 36. The summed E-state index contributed by atoms with van der Waals surface area (Å²) in [6.45, 7) is 3.69. The predicted octanol–water partition coefficient (Wildman–Crippen LogP) is 11.3. The van der Waals surface area contributed by atoms with Gasteiger partial charge in [-0.2, -0.15) is 0 Å². The lowest BCUT2D eigenvalue weighted by atomic mass is 10.0. The molecule has 0 spiro atoms. The van der Waals surface area contributed by atoms with Crippen LogP contribution >= 0.6 is 7.82 Å². The van der Waals surface area contributed by atoms with Gasteiger partial charge < -0.3 is 19.3 Å². The summed E-state index contributed by atoms with van der Waals surface area (Å²) in [5.41, 5.74) is 0. The van der Waals surface area contributed by atoms with Gasteiger partial charge in [-0.25, -0.2) is 4.57 Å². The standard InChI is InChI=1S/C37H73O8P/c1-3-5-7-9-11-13-15-16-17-18-19-20-22-23-25-27-29-31-36(38)43-33-35(34-44-46(40,41)42)45-37(39)32-30-28-26-24-21-14-12-10-8-6-4-2/h35H,3-34H2,1-2H3,(H2,40,41,42)/t35-/m1/s1. The highest BCUT2D eigenvalue weighted by atomic mass is 31.2. The van der Waals surface area contributed by atoms with E-state index < -0.39 is 32.5 Å². The summed E-state index contributed by atoms with van der Waals surface area (Å²) in [6.07, 6.45) is 34.0. The molecule has 0 aromatic rings. The minimum Gasteiger partial charge on any atom is -0.462 e. The molecule has 46 heavy (non-hydrogen) atoms. The molecule has 274 valence electrons. The SMILES string of the molecule is CCCCCCCCCCCCCCCCCCCC(=O)OC[C@H](COP(=O)(O)O)OC(=O)CCCCCCCCCCCCC. The summed E-state index contributed by atoms with van der Waals surface area (Å²) in [4.78, 5) is 42.6. The molecule has 0 aliphatic carbocycles. The van der Waals surface area contributed by atoms with Gasteiger partial charge >= 0.3 is 19.8 Å². The second kappa shape index (κ2) is 33.9. The first-order valence-electron chi connectivity index (χ1n) is 19.3. The van der Waals surface area contributed by atoms with Gasteiger partial charge in [-0.3, -0.25) is 14.1 Å². The zero-order chi connectivity index (χ0) is 34.0. The third-order valence-electron chi connectivity index (χ3n) is 8.63. The largest absolute Gasteiger partial charge is 0.469 e. The molecule has 0 heterocycles. The van der Waals surface area contributed by atoms with Crippen molar-refractivity contribution in [3.05, 3.63) is 0 Å². The molecule has 2 N–H and O–H groups in total. The van der Waals surface area contributed by atoms with Crippen LogP contribution in [0.5, 0.6) is 0 Å². The van der Waals surface area contributed by atoms with E-state index in [1.807, 2.05) is 0 Å². The highest BCUT2D eigenvalue weighted by Gasteiger charge is 2.22. The number of carbonyl (C=O) groups is 2. The minimum atomic E-state index is -4.74. The van der Waals surface area contributed by atoms with Crippen LogP contribution in [0.1, 0.15) is 206 Å². The van der Waals surface area contributed by atoms with Crippen LogP contribution in [0.25, 0.3) is 0 Å². The normalized spacial score (nSPS) is 12.3. The third-order valence-corrected chi connectivity index (χ3v) is 9.11. The van der Waals surface area contributed by atoms with Gasteiger partial charge in [0, 0.05) is 12.8 Å². The molecular weight excluding hydrogens is 603 g/mol. The van der Waals surface area contributed by atoms with Gasteiger partial charge in [0.05, 0.1) is 6.61 Å². The quantitative estimate of drug-likeness (QED) is 0.0382. The van der Waals surface area contributed by atoms with Gasteiger partial charge in [0.15, 0.2) is 6.10 Å². The summed E-state index contributed by atoms with van der Waals surface area (Å²) in [6, 6.07) is 0. The average Bonchev–Trinajstić information content (AvgIpc) is 3.02. The van der Waals surface area contributed by atoms with E-state index in [-0.39, 0.29) is 19.4 Å². The van der Waals surface area contributed by atoms with Crippen molar-refractivity contribution in [3.8, 4) is 0 Å². The summed E-state index contributed by atoms with van der Waals surface area (Å²) < 4.78 is 26.3. The summed E-state index contributed by atoms with van der Waals surface area (Å²) in [5, 5.41) is 0. The Kier molecular flexibility index (Phi) is 33.2. The molecule has 0 unspecified atom stereocenters. The Balaban J connectivity index is 3.87. The number of phosphoric acid groups is 1. The molecule has 1 atom stereocenters. The number of carbonyl (C=O) groups excluding carboxylic acids is 2. The van der Waals surface area contributed by atoms with Gasteiger partial charge in [-0.05, 0) is 12.8 Å². The number of hydrogen-bond donors (Lipinski definition) is 2. The number of phosphoric ester groups is 1. The average molecular weight is 677 g/mol. The van der Waals surface area contributed by atoms with E-state index in [1.165, 1.54) is 135 Å². The summed E-state index contributed by atoms with van der Waals surface area (Å²) >= 11 is 0. The summed E-state index contributed by atoms with van der Waals surface area (Å²) in [5.74, 6) is -0.872. The zero-order valence-electron chi connectivity index (χ0n) is 30.0. The van der Waals surface area contributed by atoms with Crippen molar-refractivity contribution < 1.29 is 37.9 Å². The van der Waals surface area contributed by atoms with Gasteiger partial charge in [-0.15, -0.1) is 0 Å². The Morgan fingerprint density at radius 1 is 0.478 bits per heavy atom. The van der Waals surface area contributed by atoms with Crippen LogP contribution in [0, 0.1) is 0 Å². The predicted molar refractivity (Wildman–Crippen MR) is 189 cm³/mol. The lowest BCUT2D eigenvalue weighted by Gasteiger charge is -2.18.